The predicted molar refractivity (Wildman–Crippen MR) is 106 cm³/mol. The smallest absolute Gasteiger partial charge is 0.250 e. The van der Waals surface area contributed by atoms with Gasteiger partial charge in [0.2, 0.25) is 5.95 Å². The number of pyridine rings is 3. The highest BCUT2D eigenvalue weighted by Gasteiger charge is 2.34. The molecule has 0 saturated carbocycles. The first-order valence-electron chi connectivity index (χ1n) is 9.46. The van der Waals surface area contributed by atoms with E-state index in [0.29, 0.717) is 17.1 Å². The van der Waals surface area contributed by atoms with Gasteiger partial charge in [0.25, 0.3) is 0 Å². The molecule has 0 saturated heterocycles. The van der Waals surface area contributed by atoms with Crippen LogP contribution in [-0.4, -0.2) is 24.7 Å². The number of aromatic nitrogens is 5. The van der Waals surface area contributed by atoms with E-state index in [1.807, 2.05) is 13.8 Å². The van der Waals surface area contributed by atoms with Crippen LogP contribution in [0.5, 0.6) is 0 Å². The summed E-state index contributed by atoms with van der Waals surface area (Å²) in [6.45, 7) is 3.68. The molecule has 4 rings (SSSR count). The zero-order chi connectivity index (χ0) is 23.1. The maximum Gasteiger partial charge on any atom is 0.435 e. The van der Waals surface area contributed by atoms with E-state index in [1.54, 1.807) is 36.4 Å². The molecule has 0 unspecified atom stereocenters. The molecule has 0 N–H and O–H groups in total. The Kier molecular flexibility index (Phi) is 5.23. The van der Waals surface area contributed by atoms with Gasteiger partial charge in [0.05, 0.1) is 22.8 Å². The van der Waals surface area contributed by atoms with Gasteiger partial charge in [-0.15, -0.1) is 0 Å². The second-order valence-corrected chi connectivity index (χ2v) is 7.53. The molecule has 0 aliphatic carbocycles. The Morgan fingerprint density at radius 1 is 0.719 bits per heavy atom. The normalized spacial score (nSPS) is 12.2. The monoisotopic (exact) mass is 445 g/mol. The fourth-order valence-electron chi connectivity index (χ4n) is 3.12. The fraction of sp³-hybridized carbons (Fsp3) is 0.182. The minimum Gasteiger partial charge on any atom is -0.250 e. The van der Waals surface area contributed by atoms with Crippen molar-refractivity contribution in [1.29, 1.82) is 0 Å². The van der Waals surface area contributed by atoms with E-state index >= 15 is 0 Å². The molecule has 0 fully saturated rings. The first kappa shape index (κ1) is 21.5. The van der Waals surface area contributed by atoms with Crippen LogP contribution in [0.1, 0.15) is 30.9 Å². The molecule has 0 aliphatic heterocycles. The van der Waals surface area contributed by atoms with E-state index in [9.17, 15) is 22.0 Å². The van der Waals surface area contributed by atoms with Gasteiger partial charge in [-0.1, -0.05) is 12.1 Å². The summed E-state index contributed by atoms with van der Waals surface area (Å²) in [5, 5.41) is 3.56. The van der Waals surface area contributed by atoms with E-state index in [2.05, 4.69) is 20.1 Å². The van der Waals surface area contributed by atoms with E-state index in [-0.39, 0.29) is 11.5 Å². The van der Waals surface area contributed by atoms with Crippen LogP contribution in [0.15, 0.2) is 60.8 Å². The molecule has 5 nitrogen and oxygen atoms in total. The quantitative estimate of drug-likeness (QED) is 0.314. The van der Waals surface area contributed by atoms with Crippen molar-refractivity contribution < 1.29 is 22.0 Å². The molecular weight excluding hydrogens is 429 g/mol. The lowest BCUT2D eigenvalue weighted by atomic mass is 9.84. The zero-order valence-corrected chi connectivity index (χ0v) is 16.9. The van der Waals surface area contributed by atoms with Gasteiger partial charge in [-0.2, -0.15) is 22.7 Å². The lowest BCUT2D eigenvalue weighted by Gasteiger charge is -2.24. The van der Waals surface area contributed by atoms with Crippen molar-refractivity contribution in [2.24, 2.45) is 0 Å². The Bertz CT molecular complexity index is 1280. The van der Waals surface area contributed by atoms with Crippen molar-refractivity contribution in [3.8, 4) is 17.2 Å². The van der Waals surface area contributed by atoms with Crippen molar-refractivity contribution in [1.82, 2.24) is 24.7 Å². The van der Waals surface area contributed by atoms with Gasteiger partial charge in [0.1, 0.15) is 0 Å². The lowest BCUT2D eigenvalue weighted by molar-refractivity contribution is -0.141. The Labute approximate surface area is 179 Å². The summed E-state index contributed by atoms with van der Waals surface area (Å²) in [4.78, 5) is 12.6. The Hall–Kier alpha value is -3.69. The standard InChI is InChI=1S/C22H16F5N5/c1-21(2,16-6-3-5-14(28-16)15-10-9-13(23)20(24)29-15)17-7-4-8-19(30-17)32-12-11-18(31-32)22(25,26)27/h3-12H,1-2H3. The Morgan fingerprint density at radius 2 is 1.38 bits per heavy atom. The van der Waals surface area contributed by atoms with Gasteiger partial charge in [-0.25, -0.2) is 19.0 Å². The molecule has 0 radical (unpaired) electrons. The summed E-state index contributed by atoms with van der Waals surface area (Å²) in [7, 11) is 0. The molecule has 0 aromatic carbocycles. The topological polar surface area (TPSA) is 56.5 Å². The third-order valence-corrected chi connectivity index (χ3v) is 4.94. The first-order valence-corrected chi connectivity index (χ1v) is 9.46. The number of nitrogens with zero attached hydrogens (tertiary/aromatic N) is 5. The molecule has 0 atom stereocenters. The Balaban J connectivity index is 1.70. The highest BCUT2D eigenvalue weighted by molar-refractivity contribution is 5.54. The van der Waals surface area contributed by atoms with Crippen LogP contribution in [0.25, 0.3) is 17.2 Å². The van der Waals surface area contributed by atoms with Gasteiger partial charge in [0, 0.05) is 11.6 Å². The molecule has 32 heavy (non-hydrogen) atoms. The van der Waals surface area contributed by atoms with Crippen LogP contribution in [0.4, 0.5) is 22.0 Å². The van der Waals surface area contributed by atoms with Crippen molar-refractivity contribution in [3.63, 3.8) is 0 Å². The van der Waals surface area contributed by atoms with Crippen molar-refractivity contribution in [2.75, 3.05) is 0 Å². The summed E-state index contributed by atoms with van der Waals surface area (Å²) in [5.74, 6) is -2.07. The molecule has 0 bridgehead atoms. The van der Waals surface area contributed by atoms with E-state index in [1.165, 1.54) is 12.3 Å². The number of rotatable bonds is 4. The molecule has 164 valence electrons. The van der Waals surface area contributed by atoms with Crippen LogP contribution in [0, 0.1) is 11.8 Å². The summed E-state index contributed by atoms with van der Waals surface area (Å²) in [5.41, 5.74) is -0.195. The van der Waals surface area contributed by atoms with Gasteiger partial charge in [0.15, 0.2) is 17.3 Å². The molecule has 4 aromatic rings. The zero-order valence-electron chi connectivity index (χ0n) is 16.9. The second-order valence-electron chi connectivity index (χ2n) is 7.53. The van der Waals surface area contributed by atoms with Crippen LogP contribution < -0.4 is 0 Å². The molecule has 4 heterocycles. The largest absolute Gasteiger partial charge is 0.435 e. The third-order valence-electron chi connectivity index (χ3n) is 4.94. The van der Waals surface area contributed by atoms with Crippen molar-refractivity contribution in [2.45, 2.75) is 25.4 Å². The average Bonchev–Trinajstić information content (AvgIpc) is 3.27. The molecule has 0 amide bonds. The van der Waals surface area contributed by atoms with Crippen LogP contribution in [0.2, 0.25) is 0 Å². The van der Waals surface area contributed by atoms with E-state index in [4.69, 9.17) is 0 Å². The predicted octanol–water partition coefficient (Wildman–Crippen LogP) is 5.35. The maximum absolute atomic E-state index is 13.5. The van der Waals surface area contributed by atoms with E-state index in [0.717, 1.165) is 16.8 Å². The van der Waals surface area contributed by atoms with Gasteiger partial charge < -0.3 is 0 Å². The minimum absolute atomic E-state index is 0.166. The second kappa shape index (κ2) is 7.77. The van der Waals surface area contributed by atoms with Gasteiger partial charge in [-0.3, -0.25) is 4.98 Å². The summed E-state index contributed by atoms with van der Waals surface area (Å²) >= 11 is 0. The highest BCUT2D eigenvalue weighted by atomic mass is 19.4. The number of hydrogen-bond acceptors (Lipinski definition) is 4. The molecule has 0 aliphatic rings. The molecular formula is C22H16F5N5. The minimum atomic E-state index is -4.56. The molecule has 10 heteroatoms. The van der Waals surface area contributed by atoms with Crippen LogP contribution >= 0.6 is 0 Å². The Morgan fingerprint density at radius 3 is 2.03 bits per heavy atom. The van der Waals surface area contributed by atoms with Gasteiger partial charge in [-0.05, 0) is 56.3 Å². The maximum atomic E-state index is 13.5. The SMILES string of the molecule is CC(C)(c1cccc(-c2ccc(F)c(F)n2)n1)c1cccc(-n2ccc(C(F)(F)F)n2)n1. The summed E-state index contributed by atoms with van der Waals surface area (Å²) < 4.78 is 66.4. The lowest BCUT2D eigenvalue weighted by Crippen LogP contribution is -2.23. The molecule has 4 aromatic heterocycles. The summed E-state index contributed by atoms with van der Waals surface area (Å²) in [6.07, 6.45) is -3.37. The average molecular weight is 445 g/mol. The van der Waals surface area contributed by atoms with Crippen molar-refractivity contribution >= 4 is 0 Å². The highest BCUT2D eigenvalue weighted by Crippen LogP contribution is 2.31. The van der Waals surface area contributed by atoms with E-state index < -0.39 is 29.1 Å². The van der Waals surface area contributed by atoms with Crippen molar-refractivity contribution in [3.05, 3.63) is 89.6 Å². The first-order chi connectivity index (χ1) is 15.1. The number of halogens is 5. The number of alkyl halides is 3. The number of hydrogen-bond donors (Lipinski definition) is 0. The summed E-state index contributed by atoms with van der Waals surface area (Å²) in [6, 6.07) is 13.2. The van der Waals surface area contributed by atoms with Crippen LogP contribution in [0.3, 0.4) is 0 Å². The van der Waals surface area contributed by atoms with Gasteiger partial charge >= 0.3 is 6.18 Å². The third kappa shape index (κ3) is 4.08. The van der Waals surface area contributed by atoms with Crippen LogP contribution in [-0.2, 0) is 11.6 Å². The molecule has 0 spiro atoms. The fourth-order valence-corrected chi connectivity index (χ4v) is 3.12.